The summed E-state index contributed by atoms with van der Waals surface area (Å²) in [6, 6.07) is 5.76. The number of aliphatic imine (C=N–C) groups is 1. The van der Waals surface area contributed by atoms with Crippen molar-refractivity contribution in [3.05, 3.63) is 29.3 Å². The van der Waals surface area contributed by atoms with Gasteiger partial charge in [-0.3, -0.25) is 4.99 Å². The van der Waals surface area contributed by atoms with Crippen molar-refractivity contribution in [3.8, 4) is 0 Å². The second-order valence-electron chi connectivity index (χ2n) is 2.67. The van der Waals surface area contributed by atoms with Crippen LogP contribution in [0.3, 0.4) is 0 Å². The zero-order valence-corrected chi connectivity index (χ0v) is 7.41. The van der Waals surface area contributed by atoms with E-state index in [9.17, 15) is 0 Å². The fraction of sp³-hybridized carbons (Fsp3) is 0.125. The maximum Gasteiger partial charge on any atom is 0.159 e. The predicted molar refractivity (Wildman–Crippen MR) is 51.8 cm³/mol. The monoisotopic (exact) mass is 177 g/mol. The summed E-state index contributed by atoms with van der Waals surface area (Å²) in [5, 5.41) is 0. The molecule has 2 rings (SSSR count). The third kappa shape index (κ3) is 1.03. The topological polar surface area (TPSA) is 50.7 Å². The van der Waals surface area contributed by atoms with E-state index in [1.807, 2.05) is 18.2 Å². The highest BCUT2D eigenvalue weighted by Gasteiger charge is 2.13. The molecule has 12 heavy (non-hydrogen) atoms. The Balaban J connectivity index is 2.57. The zero-order chi connectivity index (χ0) is 8.55. The van der Waals surface area contributed by atoms with E-state index in [1.165, 1.54) is 5.56 Å². The molecule has 1 aliphatic rings. The molecule has 0 saturated heterocycles. The van der Waals surface area contributed by atoms with Crippen LogP contribution in [0.15, 0.2) is 27.9 Å². The Kier molecular flexibility index (Phi) is 1.66. The molecule has 0 aliphatic carbocycles. The molecule has 1 aromatic carbocycles. The van der Waals surface area contributed by atoms with Crippen LogP contribution in [0, 0.1) is 0 Å². The first-order chi connectivity index (χ1) is 5.81. The number of nitrogens with two attached hydrogens (primary N) is 1. The minimum Gasteiger partial charge on any atom is -0.399 e. The lowest BCUT2D eigenvalue weighted by Gasteiger charge is -1.99. The Labute approximate surface area is 72.6 Å². The fourth-order valence-electron chi connectivity index (χ4n) is 1.28. The van der Waals surface area contributed by atoms with Crippen LogP contribution in [-0.4, -0.2) is 5.84 Å². The third-order valence-electron chi connectivity index (χ3n) is 1.88. The highest BCUT2D eigenvalue weighted by molar-refractivity contribution is 7.05. The van der Waals surface area contributed by atoms with Gasteiger partial charge in [0.15, 0.2) is 5.84 Å². The van der Waals surface area contributed by atoms with Gasteiger partial charge in [0.25, 0.3) is 0 Å². The van der Waals surface area contributed by atoms with Crippen molar-refractivity contribution in [3.63, 3.8) is 0 Å². The van der Waals surface area contributed by atoms with E-state index < -0.39 is 0 Å². The molecule has 3 nitrogen and oxygen atoms in total. The largest absolute Gasteiger partial charge is 0.399 e. The van der Waals surface area contributed by atoms with Gasteiger partial charge in [0.2, 0.25) is 0 Å². The minimum atomic E-state index is 0.707. The summed E-state index contributed by atoms with van der Waals surface area (Å²) in [6.07, 6.45) is 0. The molecule has 2 N–H and O–H groups in total. The molecule has 1 aliphatic heterocycles. The van der Waals surface area contributed by atoms with Crippen LogP contribution < -0.4 is 5.73 Å². The number of hydrogen-bond acceptors (Lipinski definition) is 3. The molecular formula is C8H8N3P. The smallest absolute Gasteiger partial charge is 0.159 e. The molecule has 0 aromatic heterocycles. The molecule has 0 unspecified atom stereocenters. The second-order valence-corrected chi connectivity index (χ2v) is 2.89. The van der Waals surface area contributed by atoms with Crippen LogP contribution >= 0.6 is 9.03 Å². The maximum absolute atomic E-state index is 5.64. The van der Waals surface area contributed by atoms with Crippen LogP contribution in [0.5, 0.6) is 0 Å². The molecule has 0 bridgehead atoms. The number of benzene rings is 1. The average Bonchev–Trinajstić information content (AvgIpc) is 2.46. The van der Waals surface area contributed by atoms with E-state index in [0.717, 1.165) is 17.1 Å². The highest BCUT2D eigenvalue weighted by atomic mass is 31.0. The number of rotatable bonds is 0. The van der Waals surface area contributed by atoms with Gasteiger partial charge in [-0.2, -0.15) is 0 Å². The summed E-state index contributed by atoms with van der Waals surface area (Å²) < 4.78 is 3.87. The summed E-state index contributed by atoms with van der Waals surface area (Å²) in [5.41, 5.74) is 8.60. The third-order valence-corrected chi connectivity index (χ3v) is 2.09. The normalized spacial score (nSPS) is 13.8. The number of nitrogens with zero attached hydrogens (tertiary/aromatic N) is 2. The highest BCUT2D eigenvalue weighted by Crippen LogP contribution is 2.22. The van der Waals surface area contributed by atoms with Crippen molar-refractivity contribution in [2.45, 2.75) is 6.54 Å². The Hall–Kier alpha value is -1.21. The summed E-state index contributed by atoms with van der Waals surface area (Å²) in [5.74, 6) is 0.731. The van der Waals surface area contributed by atoms with E-state index in [1.54, 1.807) is 0 Å². The Morgan fingerprint density at radius 3 is 3.08 bits per heavy atom. The van der Waals surface area contributed by atoms with Crippen molar-refractivity contribution in [2.24, 2.45) is 9.74 Å². The van der Waals surface area contributed by atoms with Gasteiger partial charge in [-0.05, 0) is 26.7 Å². The molecule has 1 heterocycles. The number of nitrogen functional groups attached to an aromatic ring is 1. The lowest BCUT2D eigenvalue weighted by Crippen LogP contribution is -1.94. The summed E-state index contributed by atoms with van der Waals surface area (Å²) in [4.78, 5) is 4.21. The molecule has 60 valence electrons. The summed E-state index contributed by atoms with van der Waals surface area (Å²) >= 11 is 0. The average molecular weight is 177 g/mol. The van der Waals surface area contributed by atoms with Gasteiger partial charge in [0.05, 0.1) is 6.54 Å². The quantitative estimate of drug-likeness (QED) is 0.477. The first kappa shape index (κ1) is 7.44. The van der Waals surface area contributed by atoms with Crippen molar-refractivity contribution in [1.82, 2.24) is 0 Å². The van der Waals surface area contributed by atoms with Gasteiger partial charge in [-0.25, -0.2) is 4.74 Å². The SMILES string of the molecule is Nc1ccc2c(c1)C(N=P)=NC2. The van der Waals surface area contributed by atoms with Crippen LogP contribution in [0.25, 0.3) is 0 Å². The van der Waals surface area contributed by atoms with E-state index in [-0.39, 0.29) is 0 Å². The lowest BCUT2D eigenvalue weighted by molar-refractivity contribution is 1.11. The van der Waals surface area contributed by atoms with E-state index in [0.29, 0.717) is 6.54 Å². The minimum absolute atomic E-state index is 0.707. The van der Waals surface area contributed by atoms with Gasteiger partial charge in [-0.15, -0.1) is 0 Å². The maximum atomic E-state index is 5.64. The van der Waals surface area contributed by atoms with Crippen LogP contribution in [0.4, 0.5) is 5.69 Å². The first-order valence-corrected chi connectivity index (χ1v) is 4.06. The molecule has 4 heteroatoms. The standard InChI is InChI=1S/C8H8N3P/c9-6-2-1-5-4-10-8(11-12)7(5)3-6/h1-3,12H,4,9H2. The molecule has 1 aromatic rings. The number of fused-ring (bicyclic) bond motifs is 1. The Bertz CT molecular complexity index is 371. The molecule has 0 fully saturated rings. The van der Waals surface area contributed by atoms with Gasteiger partial charge in [0.1, 0.15) is 0 Å². The Morgan fingerprint density at radius 2 is 2.33 bits per heavy atom. The molecule has 0 radical (unpaired) electrons. The molecule has 0 amide bonds. The lowest BCUT2D eigenvalue weighted by atomic mass is 10.1. The van der Waals surface area contributed by atoms with Crippen LogP contribution in [-0.2, 0) is 6.54 Å². The van der Waals surface area contributed by atoms with Crippen molar-refractivity contribution >= 4 is 20.6 Å². The zero-order valence-electron chi connectivity index (χ0n) is 6.41. The van der Waals surface area contributed by atoms with Gasteiger partial charge in [0, 0.05) is 11.3 Å². The Morgan fingerprint density at radius 1 is 1.50 bits per heavy atom. The number of anilines is 1. The molecule has 0 saturated carbocycles. The van der Waals surface area contributed by atoms with Crippen molar-refractivity contribution in [2.75, 3.05) is 5.73 Å². The first-order valence-electron chi connectivity index (χ1n) is 3.62. The fourth-order valence-corrected chi connectivity index (χ4v) is 1.47. The summed E-state index contributed by atoms with van der Waals surface area (Å²) in [6.45, 7) is 0.707. The predicted octanol–water partition coefficient (Wildman–Crippen LogP) is 1.86. The summed E-state index contributed by atoms with van der Waals surface area (Å²) in [7, 11) is 3.07. The second kappa shape index (κ2) is 2.68. The molecule has 0 atom stereocenters. The number of hydrogen-bond donors (Lipinski definition) is 1. The van der Waals surface area contributed by atoms with E-state index >= 15 is 0 Å². The number of amidine groups is 1. The van der Waals surface area contributed by atoms with Crippen LogP contribution in [0.2, 0.25) is 0 Å². The van der Waals surface area contributed by atoms with Gasteiger partial charge in [-0.1, -0.05) is 6.07 Å². The van der Waals surface area contributed by atoms with Gasteiger partial charge < -0.3 is 5.73 Å². The van der Waals surface area contributed by atoms with Crippen molar-refractivity contribution in [1.29, 1.82) is 0 Å². The van der Waals surface area contributed by atoms with E-state index in [4.69, 9.17) is 5.73 Å². The molecule has 0 spiro atoms. The van der Waals surface area contributed by atoms with Crippen LogP contribution in [0.1, 0.15) is 11.1 Å². The van der Waals surface area contributed by atoms with E-state index in [2.05, 4.69) is 18.8 Å². The molecular weight excluding hydrogens is 169 g/mol. The van der Waals surface area contributed by atoms with Crippen molar-refractivity contribution < 1.29 is 0 Å². The van der Waals surface area contributed by atoms with Gasteiger partial charge >= 0.3 is 0 Å².